The van der Waals surface area contributed by atoms with Gasteiger partial charge in [-0.05, 0) is 46.3 Å². The molecule has 120 valence electrons. The van der Waals surface area contributed by atoms with Gasteiger partial charge in [-0.3, -0.25) is 4.79 Å². The van der Waals surface area contributed by atoms with Crippen molar-refractivity contribution in [3.05, 3.63) is 94.5 Å². The van der Waals surface area contributed by atoms with E-state index in [1.54, 1.807) is 6.07 Å². The van der Waals surface area contributed by atoms with Crippen LogP contribution < -0.4 is 10.1 Å². The van der Waals surface area contributed by atoms with Gasteiger partial charge in [0, 0.05) is 15.6 Å². The summed E-state index contributed by atoms with van der Waals surface area (Å²) in [5.41, 5.74) is 2.18. The molecule has 0 bridgehead atoms. The van der Waals surface area contributed by atoms with E-state index in [9.17, 15) is 4.79 Å². The van der Waals surface area contributed by atoms with Crippen LogP contribution in [0, 0.1) is 0 Å². The van der Waals surface area contributed by atoms with Crippen molar-refractivity contribution in [2.75, 3.05) is 5.32 Å². The number of halogens is 1. The summed E-state index contributed by atoms with van der Waals surface area (Å²) in [6, 6.07) is 24.5. The number of ether oxygens (including phenoxy) is 1. The molecule has 3 nitrogen and oxygen atoms in total. The average Bonchev–Trinajstić information content (AvgIpc) is 2.63. The summed E-state index contributed by atoms with van der Waals surface area (Å²) >= 11 is 3.44. The fourth-order valence-corrected chi connectivity index (χ4v) is 2.68. The molecule has 3 rings (SSSR count). The molecule has 0 aliphatic carbocycles. The molecule has 0 aliphatic heterocycles. The van der Waals surface area contributed by atoms with Crippen LogP contribution in [0.4, 0.5) is 5.69 Å². The topological polar surface area (TPSA) is 38.3 Å². The third-order valence-corrected chi connectivity index (χ3v) is 4.21. The standard InChI is InChI=1S/C20H16BrNO2/c21-18-12-6-7-13-19(18)22-20(23)17-11-5-4-8-15(17)14-24-16-9-2-1-3-10-16/h1-13H,14H2,(H,22,23). The molecule has 24 heavy (non-hydrogen) atoms. The molecule has 0 radical (unpaired) electrons. The van der Waals surface area contributed by atoms with Crippen molar-refractivity contribution in [1.82, 2.24) is 0 Å². The molecule has 3 aromatic carbocycles. The van der Waals surface area contributed by atoms with Gasteiger partial charge >= 0.3 is 0 Å². The summed E-state index contributed by atoms with van der Waals surface area (Å²) in [6.07, 6.45) is 0. The molecule has 0 aromatic heterocycles. The minimum absolute atomic E-state index is 0.158. The minimum Gasteiger partial charge on any atom is -0.489 e. The van der Waals surface area contributed by atoms with E-state index in [0.29, 0.717) is 12.2 Å². The van der Waals surface area contributed by atoms with Gasteiger partial charge in [-0.15, -0.1) is 0 Å². The first-order valence-corrected chi connectivity index (χ1v) is 8.35. The van der Waals surface area contributed by atoms with Gasteiger partial charge in [0.1, 0.15) is 12.4 Å². The highest BCUT2D eigenvalue weighted by atomic mass is 79.9. The number of rotatable bonds is 5. The highest BCUT2D eigenvalue weighted by molar-refractivity contribution is 9.10. The Kier molecular flexibility index (Phi) is 5.29. The second-order valence-electron chi connectivity index (χ2n) is 5.19. The van der Waals surface area contributed by atoms with E-state index in [-0.39, 0.29) is 5.91 Å². The second-order valence-corrected chi connectivity index (χ2v) is 6.05. The largest absolute Gasteiger partial charge is 0.489 e. The SMILES string of the molecule is O=C(Nc1ccccc1Br)c1ccccc1COc1ccccc1. The lowest BCUT2D eigenvalue weighted by Gasteiger charge is -2.12. The van der Waals surface area contributed by atoms with Gasteiger partial charge in [0.05, 0.1) is 5.69 Å². The van der Waals surface area contributed by atoms with Crippen LogP contribution in [0.5, 0.6) is 5.75 Å². The quantitative estimate of drug-likeness (QED) is 0.652. The van der Waals surface area contributed by atoms with Crippen molar-refractivity contribution in [2.45, 2.75) is 6.61 Å². The van der Waals surface area contributed by atoms with Gasteiger partial charge in [0.15, 0.2) is 0 Å². The maximum Gasteiger partial charge on any atom is 0.256 e. The van der Waals surface area contributed by atoms with Crippen molar-refractivity contribution >= 4 is 27.5 Å². The van der Waals surface area contributed by atoms with Crippen LogP contribution in [0.2, 0.25) is 0 Å². The lowest BCUT2D eigenvalue weighted by molar-refractivity contribution is 0.102. The summed E-state index contributed by atoms with van der Waals surface area (Å²) in [5, 5.41) is 2.92. The van der Waals surface area contributed by atoms with Crippen molar-refractivity contribution in [3.63, 3.8) is 0 Å². The highest BCUT2D eigenvalue weighted by Gasteiger charge is 2.12. The molecule has 3 aromatic rings. The first kappa shape index (κ1) is 16.3. The van der Waals surface area contributed by atoms with Gasteiger partial charge in [0.2, 0.25) is 0 Å². The molecule has 0 spiro atoms. The molecule has 0 unspecified atom stereocenters. The molecule has 0 fully saturated rings. The maximum atomic E-state index is 12.6. The number of amides is 1. The first-order valence-electron chi connectivity index (χ1n) is 7.55. The molecule has 1 N–H and O–H groups in total. The smallest absolute Gasteiger partial charge is 0.256 e. The fourth-order valence-electron chi connectivity index (χ4n) is 2.30. The Balaban J connectivity index is 1.76. The van der Waals surface area contributed by atoms with Crippen LogP contribution in [0.25, 0.3) is 0 Å². The van der Waals surface area contributed by atoms with Crippen LogP contribution in [0.3, 0.4) is 0 Å². The van der Waals surface area contributed by atoms with Gasteiger partial charge in [0.25, 0.3) is 5.91 Å². The van der Waals surface area contributed by atoms with Crippen LogP contribution in [-0.2, 0) is 6.61 Å². The van der Waals surface area contributed by atoms with Gasteiger partial charge in [-0.2, -0.15) is 0 Å². The summed E-state index contributed by atoms with van der Waals surface area (Å²) in [6.45, 7) is 0.337. The average molecular weight is 382 g/mol. The molecular weight excluding hydrogens is 366 g/mol. The fraction of sp³-hybridized carbons (Fsp3) is 0.0500. The predicted molar refractivity (Wildman–Crippen MR) is 99.3 cm³/mol. The molecule has 0 heterocycles. The van der Waals surface area contributed by atoms with E-state index in [1.807, 2.05) is 72.8 Å². The van der Waals surface area contributed by atoms with Crippen LogP contribution in [0.15, 0.2) is 83.3 Å². The number of carbonyl (C=O) groups excluding carboxylic acids is 1. The van der Waals surface area contributed by atoms with Gasteiger partial charge in [-0.1, -0.05) is 48.5 Å². The minimum atomic E-state index is -0.158. The number of benzene rings is 3. The number of hydrogen-bond donors (Lipinski definition) is 1. The van der Waals surface area contributed by atoms with Crippen molar-refractivity contribution in [2.24, 2.45) is 0 Å². The van der Waals surface area contributed by atoms with E-state index in [4.69, 9.17) is 4.74 Å². The Hall–Kier alpha value is -2.59. The van der Waals surface area contributed by atoms with E-state index in [1.165, 1.54) is 0 Å². The second kappa shape index (κ2) is 7.79. The number of nitrogens with one attached hydrogen (secondary N) is 1. The number of para-hydroxylation sites is 2. The summed E-state index contributed by atoms with van der Waals surface area (Å²) in [7, 11) is 0. The molecule has 0 saturated carbocycles. The van der Waals surface area contributed by atoms with E-state index in [2.05, 4.69) is 21.2 Å². The van der Waals surface area contributed by atoms with E-state index < -0.39 is 0 Å². The van der Waals surface area contributed by atoms with E-state index >= 15 is 0 Å². The Bertz CT molecular complexity index is 834. The summed E-state index contributed by atoms with van der Waals surface area (Å²) < 4.78 is 6.61. The monoisotopic (exact) mass is 381 g/mol. The molecule has 0 saturated heterocycles. The van der Waals surface area contributed by atoms with Crippen molar-refractivity contribution in [3.8, 4) is 5.75 Å². The Labute approximate surface area is 149 Å². The van der Waals surface area contributed by atoms with Gasteiger partial charge in [-0.25, -0.2) is 0 Å². The molecule has 0 atom stereocenters. The normalized spacial score (nSPS) is 10.2. The number of carbonyl (C=O) groups is 1. The maximum absolute atomic E-state index is 12.6. The zero-order valence-corrected chi connectivity index (χ0v) is 14.5. The number of hydrogen-bond acceptors (Lipinski definition) is 2. The van der Waals surface area contributed by atoms with Crippen LogP contribution in [-0.4, -0.2) is 5.91 Å². The van der Waals surface area contributed by atoms with Crippen LogP contribution in [0.1, 0.15) is 15.9 Å². The van der Waals surface area contributed by atoms with Crippen molar-refractivity contribution in [1.29, 1.82) is 0 Å². The lowest BCUT2D eigenvalue weighted by Crippen LogP contribution is -2.15. The highest BCUT2D eigenvalue weighted by Crippen LogP contribution is 2.23. The zero-order valence-electron chi connectivity index (χ0n) is 12.9. The summed E-state index contributed by atoms with van der Waals surface area (Å²) in [4.78, 5) is 12.6. The first-order chi connectivity index (χ1) is 11.7. The third-order valence-electron chi connectivity index (χ3n) is 3.52. The molecule has 4 heteroatoms. The molecule has 1 amide bonds. The Morgan fingerprint density at radius 1 is 0.875 bits per heavy atom. The lowest BCUT2D eigenvalue weighted by atomic mass is 10.1. The molecule has 0 aliphatic rings. The molecular formula is C20H16BrNO2. The third kappa shape index (κ3) is 4.03. The Morgan fingerprint density at radius 3 is 2.33 bits per heavy atom. The Morgan fingerprint density at radius 2 is 1.54 bits per heavy atom. The van der Waals surface area contributed by atoms with Gasteiger partial charge < -0.3 is 10.1 Å². The number of anilines is 1. The van der Waals surface area contributed by atoms with Crippen molar-refractivity contribution < 1.29 is 9.53 Å². The van der Waals surface area contributed by atoms with E-state index in [0.717, 1.165) is 21.5 Å². The predicted octanol–water partition coefficient (Wildman–Crippen LogP) is 5.28. The summed E-state index contributed by atoms with van der Waals surface area (Å²) in [5.74, 6) is 0.618. The van der Waals surface area contributed by atoms with Crippen LogP contribution >= 0.6 is 15.9 Å². The zero-order chi connectivity index (χ0) is 16.8.